The zero-order chi connectivity index (χ0) is 28.6. The smallest absolute Gasteiger partial charge is 0.339 e. The summed E-state index contributed by atoms with van der Waals surface area (Å²) in [6.45, 7) is 0. The quantitative estimate of drug-likeness (QED) is 0.203. The maximum atomic E-state index is 13.6. The molecule has 1 saturated heterocycles. The molecule has 7 nitrogen and oxygen atoms in total. The van der Waals surface area contributed by atoms with Gasteiger partial charge in [0.2, 0.25) is 5.91 Å². The van der Waals surface area contributed by atoms with Crippen molar-refractivity contribution in [3.8, 4) is 22.6 Å². The van der Waals surface area contributed by atoms with Crippen molar-refractivity contribution in [1.82, 2.24) is 0 Å². The van der Waals surface area contributed by atoms with Gasteiger partial charge in [-0.15, -0.1) is 0 Å². The molecule has 0 aliphatic carbocycles. The number of rotatable bonds is 8. The number of amides is 1. The van der Waals surface area contributed by atoms with E-state index in [0.29, 0.717) is 27.9 Å². The number of aliphatic hydroxyl groups excluding tert-OH is 1. The molecule has 0 bridgehead atoms. The molecule has 1 heterocycles. The number of hydrogen-bond donors (Lipinski definition) is 4. The highest BCUT2D eigenvalue weighted by molar-refractivity contribution is 6.03. The van der Waals surface area contributed by atoms with Crippen LogP contribution < -0.4 is 4.90 Å². The highest BCUT2D eigenvalue weighted by Gasteiger charge is 2.49. The molecule has 3 atom stereocenters. The SMILES string of the molecule is O=C(O)c1cc(-c2ccc([C@@H]3[C@@H](CC[C@H](O)c4ccc(F)cc4)C(=O)N3c3ccc(F)cc3)c(O)c2)ccc1O. The van der Waals surface area contributed by atoms with Crippen LogP contribution in [0, 0.1) is 17.6 Å². The number of carbonyl (C=O) groups is 2. The Kier molecular flexibility index (Phi) is 7.23. The van der Waals surface area contributed by atoms with Gasteiger partial charge in [-0.05, 0) is 84.1 Å². The van der Waals surface area contributed by atoms with Crippen LogP contribution in [0.4, 0.5) is 14.5 Å². The van der Waals surface area contributed by atoms with Gasteiger partial charge in [0, 0.05) is 11.3 Å². The first-order chi connectivity index (χ1) is 19.1. The average Bonchev–Trinajstić information content (AvgIpc) is 2.93. The van der Waals surface area contributed by atoms with Crippen LogP contribution in [0.2, 0.25) is 0 Å². The van der Waals surface area contributed by atoms with E-state index in [-0.39, 0.29) is 35.8 Å². The second-order valence-electron chi connectivity index (χ2n) is 9.69. The van der Waals surface area contributed by atoms with Gasteiger partial charge >= 0.3 is 5.97 Å². The minimum Gasteiger partial charge on any atom is -0.508 e. The lowest BCUT2D eigenvalue weighted by Crippen LogP contribution is -2.55. The van der Waals surface area contributed by atoms with Crippen LogP contribution in [-0.2, 0) is 4.79 Å². The van der Waals surface area contributed by atoms with Crippen molar-refractivity contribution in [3.63, 3.8) is 0 Å². The van der Waals surface area contributed by atoms with Gasteiger partial charge in [-0.1, -0.05) is 30.3 Å². The number of anilines is 1. The van der Waals surface area contributed by atoms with Crippen molar-refractivity contribution in [2.75, 3.05) is 4.90 Å². The minimum absolute atomic E-state index is 0.142. The average molecular weight is 546 g/mol. The zero-order valence-electron chi connectivity index (χ0n) is 21.0. The number of β-lactam (4-membered cyclic amide) rings is 1. The number of hydrogen-bond acceptors (Lipinski definition) is 5. The van der Waals surface area contributed by atoms with Gasteiger partial charge in [0.15, 0.2) is 0 Å². The lowest BCUT2D eigenvalue weighted by atomic mass is 9.77. The summed E-state index contributed by atoms with van der Waals surface area (Å²) in [4.78, 5) is 26.2. The van der Waals surface area contributed by atoms with Gasteiger partial charge in [-0.2, -0.15) is 0 Å². The summed E-state index contributed by atoms with van der Waals surface area (Å²) >= 11 is 0. The van der Waals surface area contributed by atoms with Gasteiger partial charge in [-0.3, -0.25) is 4.79 Å². The Hall–Kier alpha value is -4.76. The van der Waals surface area contributed by atoms with Crippen molar-refractivity contribution in [1.29, 1.82) is 0 Å². The third-order valence-electron chi connectivity index (χ3n) is 7.23. The predicted molar refractivity (Wildman–Crippen MR) is 143 cm³/mol. The molecule has 1 amide bonds. The van der Waals surface area contributed by atoms with Gasteiger partial charge in [0.25, 0.3) is 0 Å². The van der Waals surface area contributed by atoms with E-state index in [4.69, 9.17) is 0 Å². The van der Waals surface area contributed by atoms with E-state index in [1.165, 1.54) is 77.7 Å². The summed E-state index contributed by atoms with van der Waals surface area (Å²) in [5, 5.41) is 40.9. The van der Waals surface area contributed by atoms with Crippen molar-refractivity contribution in [2.24, 2.45) is 5.92 Å². The molecule has 1 aliphatic rings. The molecule has 1 fully saturated rings. The van der Waals surface area contributed by atoms with Crippen LogP contribution in [-0.4, -0.2) is 32.3 Å². The monoisotopic (exact) mass is 545 g/mol. The standard InChI is InChI=1S/C31H25F2NO6/c32-20-5-1-17(2-6-20)26(35)14-12-24-29(34(30(24)38)22-9-7-21(33)8-10-22)23-11-3-19(16-28(23)37)18-4-13-27(36)25(15-18)31(39)40/h1-11,13,15-16,24,26,29,35-37H,12,14H2,(H,39,40)/t24-,26+,29-/m1/s1. The minimum atomic E-state index is -1.30. The van der Waals surface area contributed by atoms with Crippen LogP contribution in [0.5, 0.6) is 11.5 Å². The van der Waals surface area contributed by atoms with Crippen LogP contribution in [0.15, 0.2) is 84.9 Å². The molecule has 9 heteroatoms. The topological polar surface area (TPSA) is 118 Å². The molecule has 204 valence electrons. The Morgan fingerprint density at radius 3 is 2.05 bits per heavy atom. The summed E-state index contributed by atoms with van der Waals surface area (Å²) in [7, 11) is 0. The second kappa shape index (κ2) is 10.8. The lowest BCUT2D eigenvalue weighted by molar-refractivity contribution is -0.131. The Labute approximate surface area is 228 Å². The van der Waals surface area contributed by atoms with Crippen LogP contribution in [0.3, 0.4) is 0 Å². The van der Waals surface area contributed by atoms with Crippen LogP contribution in [0.25, 0.3) is 11.1 Å². The lowest BCUT2D eigenvalue weighted by Gasteiger charge is -2.48. The molecule has 0 aromatic heterocycles. The number of aromatic carboxylic acids is 1. The molecule has 5 rings (SSSR count). The molecule has 4 aromatic carbocycles. The molecule has 1 aliphatic heterocycles. The Balaban J connectivity index is 1.45. The number of benzene rings is 4. The molecular weight excluding hydrogens is 520 g/mol. The first-order valence-corrected chi connectivity index (χ1v) is 12.6. The summed E-state index contributed by atoms with van der Waals surface area (Å²) < 4.78 is 26.9. The Bertz CT molecular complexity index is 1570. The fourth-order valence-electron chi connectivity index (χ4n) is 5.12. The van der Waals surface area contributed by atoms with Gasteiger partial charge < -0.3 is 25.3 Å². The number of nitrogens with zero attached hydrogens (tertiary/aromatic N) is 1. The largest absolute Gasteiger partial charge is 0.508 e. The van der Waals surface area contributed by atoms with Crippen molar-refractivity contribution >= 4 is 17.6 Å². The number of carboxylic acid groups (broad SMARTS) is 1. The van der Waals surface area contributed by atoms with E-state index in [9.17, 15) is 38.8 Å². The maximum Gasteiger partial charge on any atom is 0.339 e. The van der Waals surface area contributed by atoms with Gasteiger partial charge in [0.1, 0.15) is 28.7 Å². The summed E-state index contributed by atoms with van der Waals surface area (Å²) in [6, 6.07) is 19.1. The Morgan fingerprint density at radius 2 is 1.43 bits per heavy atom. The number of carboxylic acids is 1. The number of carbonyl (C=O) groups excluding carboxylic acids is 1. The normalized spacial score (nSPS) is 17.4. The van der Waals surface area contributed by atoms with Crippen LogP contribution >= 0.6 is 0 Å². The fraction of sp³-hybridized carbons (Fsp3) is 0.161. The Morgan fingerprint density at radius 1 is 0.825 bits per heavy atom. The van der Waals surface area contributed by atoms with Crippen LogP contribution in [0.1, 0.15) is 46.5 Å². The molecule has 40 heavy (non-hydrogen) atoms. The number of halogens is 2. The van der Waals surface area contributed by atoms with E-state index < -0.39 is 35.7 Å². The van der Waals surface area contributed by atoms with E-state index in [2.05, 4.69) is 0 Å². The highest BCUT2D eigenvalue weighted by atomic mass is 19.1. The van der Waals surface area contributed by atoms with Crippen molar-refractivity contribution in [2.45, 2.75) is 25.0 Å². The second-order valence-corrected chi connectivity index (χ2v) is 9.69. The van der Waals surface area contributed by atoms with E-state index in [1.54, 1.807) is 12.1 Å². The molecule has 0 saturated carbocycles. The summed E-state index contributed by atoms with van der Waals surface area (Å²) in [5.74, 6) is -3.57. The number of aromatic hydroxyl groups is 2. The summed E-state index contributed by atoms with van der Waals surface area (Å²) in [5.41, 5.74) is 2.04. The van der Waals surface area contributed by atoms with Crippen molar-refractivity contribution in [3.05, 3.63) is 113 Å². The fourth-order valence-corrected chi connectivity index (χ4v) is 5.12. The number of phenols is 2. The van der Waals surface area contributed by atoms with E-state index in [1.807, 2.05) is 0 Å². The highest BCUT2D eigenvalue weighted by Crippen LogP contribution is 2.49. The molecule has 4 N–H and O–H groups in total. The summed E-state index contributed by atoms with van der Waals surface area (Å²) in [6.07, 6.45) is -0.455. The third-order valence-corrected chi connectivity index (χ3v) is 7.23. The first kappa shape index (κ1) is 26.8. The maximum absolute atomic E-state index is 13.6. The molecule has 0 unspecified atom stereocenters. The number of phenolic OH excluding ortho intramolecular Hbond substituents is 1. The van der Waals surface area contributed by atoms with Gasteiger partial charge in [0.05, 0.1) is 18.1 Å². The predicted octanol–water partition coefficient (Wildman–Crippen LogP) is 5.96. The first-order valence-electron chi connectivity index (χ1n) is 12.6. The van der Waals surface area contributed by atoms with Gasteiger partial charge in [-0.25, -0.2) is 13.6 Å². The van der Waals surface area contributed by atoms with E-state index in [0.717, 1.165) is 0 Å². The molecule has 0 spiro atoms. The number of aliphatic hydroxyl groups is 1. The molecule has 0 radical (unpaired) electrons. The van der Waals surface area contributed by atoms with E-state index >= 15 is 0 Å². The zero-order valence-corrected chi connectivity index (χ0v) is 21.0. The van der Waals surface area contributed by atoms with Crippen molar-refractivity contribution < 1.29 is 38.8 Å². The third kappa shape index (κ3) is 5.11. The molecular formula is C31H25F2NO6. The molecule has 4 aromatic rings.